The number of amides is 2. The molecule has 0 aromatic heterocycles. The van der Waals surface area contributed by atoms with Crippen molar-refractivity contribution in [3.63, 3.8) is 0 Å². The summed E-state index contributed by atoms with van der Waals surface area (Å²) in [6.45, 7) is 2.76. The summed E-state index contributed by atoms with van der Waals surface area (Å²) in [6.07, 6.45) is 2.81. The number of benzene rings is 2. The largest absolute Gasteiger partial charge is 0.490 e. The van der Waals surface area contributed by atoms with E-state index in [9.17, 15) is 18.4 Å². The van der Waals surface area contributed by atoms with Crippen LogP contribution in [0.4, 0.5) is 14.5 Å². The van der Waals surface area contributed by atoms with E-state index < -0.39 is 6.61 Å². The summed E-state index contributed by atoms with van der Waals surface area (Å²) in [5, 5.41) is 2.81. The highest BCUT2D eigenvalue weighted by Crippen LogP contribution is 2.30. The molecule has 0 aliphatic heterocycles. The third-order valence-corrected chi connectivity index (χ3v) is 4.54. The van der Waals surface area contributed by atoms with Crippen molar-refractivity contribution in [2.45, 2.75) is 27.4 Å². The summed E-state index contributed by atoms with van der Waals surface area (Å²) in [5.74, 6) is -0.633. The van der Waals surface area contributed by atoms with Crippen LogP contribution in [0.5, 0.6) is 11.5 Å². The Morgan fingerprint density at radius 3 is 2.58 bits per heavy atom. The summed E-state index contributed by atoms with van der Waals surface area (Å²) >= 11 is 0. The Kier molecular flexibility index (Phi) is 8.54. The quantitative estimate of drug-likeness (QED) is 0.596. The van der Waals surface area contributed by atoms with Gasteiger partial charge in [0.15, 0.2) is 11.5 Å². The minimum absolute atomic E-state index is 0.0828. The van der Waals surface area contributed by atoms with E-state index in [-0.39, 0.29) is 36.5 Å². The van der Waals surface area contributed by atoms with Crippen molar-refractivity contribution in [2.75, 3.05) is 25.5 Å². The lowest BCUT2D eigenvalue weighted by Crippen LogP contribution is -2.34. The van der Waals surface area contributed by atoms with Crippen LogP contribution in [0.15, 0.2) is 42.5 Å². The number of hydrogen-bond acceptors (Lipinski definition) is 4. The minimum atomic E-state index is -2.97. The highest BCUT2D eigenvalue weighted by atomic mass is 19.3. The number of hydrogen-bond donors (Lipinski definition) is 1. The van der Waals surface area contributed by atoms with E-state index in [1.165, 1.54) is 42.3 Å². The van der Waals surface area contributed by atoms with Crippen molar-refractivity contribution >= 4 is 23.6 Å². The fourth-order valence-electron chi connectivity index (χ4n) is 2.75. The van der Waals surface area contributed by atoms with Crippen molar-refractivity contribution in [3.05, 3.63) is 59.2 Å². The number of nitrogens with one attached hydrogen (secondary N) is 1. The van der Waals surface area contributed by atoms with Crippen molar-refractivity contribution in [1.29, 1.82) is 0 Å². The highest BCUT2D eigenvalue weighted by Gasteiger charge is 2.13. The van der Waals surface area contributed by atoms with Gasteiger partial charge in [0.1, 0.15) is 0 Å². The number of anilines is 1. The lowest BCUT2D eigenvalue weighted by atomic mass is 10.1. The molecule has 0 unspecified atom stereocenters. The lowest BCUT2D eigenvalue weighted by Gasteiger charge is -2.16. The predicted molar refractivity (Wildman–Crippen MR) is 115 cm³/mol. The molecule has 0 radical (unpaired) electrons. The van der Waals surface area contributed by atoms with Crippen LogP contribution in [-0.2, 0) is 9.59 Å². The maximum absolute atomic E-state index is 12.5. The molecule has 0 aliphatic carbocycles. The summed E-state index contributed by atoms with van der Waals surface area (Å²) in [4.78, 5) is 25.9. The van der Waals surface area contributed by atoms with Gasteiger partial charge in [0.25, 0.3) is 0 Å². The lowest BCUT2D eigenvalue weighted by molar-refractivity contribution is -0.129. The van der Waals surface area contributed by atoms with Crippen LogP contribution in [-0.4, -0.2) is 43.5 Å². The number of carbonyl (C=O) groups excluding carboxylic acids is 2. The standard InChI is InChI=1S/C23H26F2N2O4/c1-5-30-20-13-17(9-11-19(20)31-23(24)25)10-12-22(29)27(4)14-21(28)26-18-8-6-7-15(2)16(18)3/h6-13,23H,5,14H2,1-4H3,(H,26,28)/b12-10+. The molecule has 31 heavy (non-hydrogen) atoms. The summed E-state index contributed by atoms with van der Waals surface area (Å²) in [6, 6.07) is 9.98. The van der Waals surface area contributed by atoms with Crippen molar-refractivity contribution < 1.29 is 27.8 Å². The van der Waals surface area contributed by atoms with E-state index in [1.54, 1.807) is 13.0 Å². The van der Waals surface area contributed by atoms with Gasteiger partial charge in [-0.1, -0.05) is 18.2 Å². The summed E-state index contributed by atoms with van der Waals surface area (Å²) < 4.78 is 34.7. The average Bonchev–Trinajstić information content (AvgIpc) is 2.71. The highest BCUT2D eigenvalue weighted by molar-refractivity contribution is 5.98. The Balaban J connectivity index is 2.00. The molecule has 1 N–H and O–H groups in total. The normalized spacial score (nSPS) is 10.9. The van der Waals surface area contributed by atoms with Gasteiger partial charge < -0.3 is 19.7 Å². The SMILES string of the molecule is CCOc1cc(/C=C/C(=O)N(C)CC(=O)Nc2cccc(C)c2C)ccc1OC(F)F. The van der Waals surface area contributed by atoms with E-state index in [4.69, 9.17) is 4.74 Å². The van der Waals surface area contributed by atoms with Crippen LogP contribution in [0.25, 0.3) is 6.08 Å². The van der Waals surface area contributed by atoms with Gasteiger partial charge in [-0.2, -0.15) is 8.78 Å². The third kappa shape index (κ3) is 7.09. The number of aryl methyl sites for hydroxylation is 1. The Morgan fingerprint density at radius 2 is 1.90 bits per heavy atom. The van der Waals surface area contributed by atoms with Crippen LogP contribution >= 0.6 is 0 Å². The molecule has 0 spiro atoms. The monoisotopic (exact) mass is 432 g/mol. The number of ether oxygens (including phenoxy) is 2. The molecule has 2 aromatic rings. The fraction of sp³-hybridized carbons (Fsp3) is 0.304. The molecule has 0 saturated carbocycles. The molecule has 2 amide bonds. The average molecular weight is 432 g/mol. The molecule has 0 bridgehead atoms. The van der Waals surface area contributed by atoms with Crippen molar-refractivity contribution in [1.82, 2.24) is 4.90 Å². The van der Waals surface area contributed by atoms with Crippen LogP contribution in [0.3, 0.4) is 0 Å². The molecule has 0 saturated heterocycles. The number of rotatable bonds is 9. The Bertz CT molecular complexity index is 961. The van der Waals surface area contributed by atoms with Crippen LogP contribution in [0.2, 0.25) is 0 Å². The molecule has 166 valence electrons. The first-order valence-corrected chi connectivity index (χ1v) is 9.72. The molecule has 0 heterocycles. The van der Waals surface area contributed by atoms with E-state index >= 15 is 0 Å². The fourth-order valence-corrected chi connectivity index (χ4v) is 2.75. The maximum atomic E-state index is 12.5. The summed E-state index contributed by atoms with van der Waals surface area (Å²) in [7, 11) is 1.51. The second kappa shape index (κ2) is 11.1. The van der Waals surface area contributed by atoms with Crippen LogP contribution in [0.1, 0.15) is 23.6 Å². The van der Waals surface area contributed by atoms with Gasteiger partial charge in [0, 0.05) is 18.8 Å². The number of nitrogens with zero attached hydrogens (tertiary/aromatic N) is 1. The predicted octanol–water partition coefficient (Wildman–Crippen LogP) is 4.41. The molecular weight excluding hydrogens is 406 g/mol. The zero-order valence-corrected chi connectivity index (χ0v) is 17.9. The van der Waals surface area contributed by atoms with Gasteiger partial charge in [-0.3, -0.25) is 9.59 Å². The van der Waals surface area contributed by atoms with Crippen LogP contribution < -0.4 is 14.8 Å². The number of alkyl halides is 2. The summed E-state index contributed by atoms with van der Waals surface area (Å²) in [5.41, 5.74) is 3.29. The van der Waals surface area contributed by atoms with Gasteiger partial charge >= 0.3 is 6.61 Å². The maximum Gasteiger partial charge on any atom is 0.387 e. The first-order chi connectivity index (χ1) is 14.7. The first kappa shape index (κ1) is 23.9. The second-order valence-electron chi connectivity index (χ2n) is 6.84. The van der Waals surface area contributed by atoms with Crippen LogP contribution in [0, 0.1) is 13.8 Å². The molecule has 0 fully saturated rings. The van der Waals surface area contributed by atoms with Gasteiger partial charge in [0.2, 0.25) is 11.8 Å². The smallest absolute Gasteiger partial charge is 0.387 e. The van der Waals surface area contributed by atoms with Gasteiger partial charge in [-0.25, -0.2) is 0 Å². The first-order valence-electron chi connectivity index (χ1n) is 9.72. The number of carbonyl (C=O) groups is 2. The van der Waals surface area contributed by atoms with E-state index in [2.05, 4.69) is 10.1 Å². The van der Waals surface area contributed by atoms with Gasteiger partial charge in [0.05, 0.1) is 13.2 Å². The zero-order chi connectivity index (χ0) is 23.0. The van der Waals surface area contributed by atoms with Crippen molar-refractivity contribution in [3.8, 4) is 11.5 Å². The van der Waals surface area contributed by atoms with E-state index in [1.807, 2.05) is 26.0 Å². The molecular formula is C23H26F2N2O4. The topological polar surface area (TPSA) is 67.9 Å². The van der Waals surface area contributed by atoms with E-state index in [0.29, 0.717) is 11.3 Å². The number of likely N-dealkylation sites (N-methyl/N-ethyl adjacent to an activating group) is 1. The Labute approximate surface area is 180 Å². The van der Waals surface area contributed by atoms with E-state index in [0.717, 1.165) is 11.1 Å². The zero-order valence-electron chi connectivity index (χ0n) is 17.9. The van der Waals surface area contributed by atoms with Gasteiger partial charge in [-0.15, -0.1) is 0 Å². The molecule has 8 heteroatoms. The molecule has 2 aromatic carbocycles. The minimum Gasteiger partial charge on any atom is -0.490 e. The Morgan fingerprint density at radius 1 is 1.16 bits per heavy atom. The third-order valence-electron chi connectivity index (χ3n) is 4.54. The van der Waals surface area contributed by atoms with Gasteiger partial charge in [-0.05, 0) is 61.7 Å². The number of halogens is 2. The molecule has 0 aliphatic rings. The van der Waals surface area contributed by atoms with Crippen molar-refractivity contribution in [2.24, 2.45) is 0 Å². The Hall–Kier alpha value is -3.42. The molecule has 6 nitrogen and oxygen atoms in total. The molecule has 2 rings (SSSR count). The molecule has 0 atom stereocenters. The second-order valence-corrected chi connectivity index (χ2v) is 6.84.